The van der Waals surface area contributed by atoms with Crippen LogP contribution in [-0.2, 0) is 15.3 Å². The van der Waals surface area contributed by atoms with E-state index in [4.69, 9.17) is 18.8 Å². The highest BCUT2D eigenvalue weighted by molar-refractivity contribution is 7.92. The molecule has 0 radical (unpaired) electrons. The van der Waals surface area contributed by atoms with Gasteiger partial charge in [-0.25, -0.2) is 18.4 Å². The fourth-order valence-corrected chi connectivity index (χ4v) is 8.32. The van der Waals surface area contributed by atoms with Crippen LogP contribution in [-0.4, -0.2) is 18.4 Å². The summed E-state index contributed by atoms with van der Waals surface area (Å²) in [5.74, 6) is 2.82. The van der Waals surface area contributed by atoms with Crippen molar-refractivity contribution in [2.45, 2.75) is 15.2 Å². The van der Waals surface area contributed by atoms with Gasteiger partial charge in [-0.15, -0.1) is 0 Å². The molecule has 6 aromatic rings. The molecule has 0 bridgehead atoms. The highest BCUT2D eigenvalue weighted by atomic mass is 32.2. The molecule has 0 atom stereocenters. The molecular formula is C31H17N3O4S. The third-order valence-corrected chi connectivity index (χ3v) is 10.00. The minimum atomic E-state index is -3.58. The van der Waals surface area contributed by atoms with Gasteiger partial charge in [0.15, 0.2) is 11.5 Å². The fraction of sp³-hybridized carbons (Fsp3) is 0.0323. The minimum absolute atomic E-state index is 0.310. The molecule has 0 fully saturated rings. The number of hydrogen-bond donors (Lipinski definition) is 0. The highest BCUT2D eigenvalue weighted by Crippen LogP contribution is 2.63. The van der Waals surface area contributed by atoms with Crippen LogP contribution in [0, 0.1) is 0 Å². The van der Waals surface area contributed by atoms with E-state index in [1.165, 1.54) is 0 Å². The summed E-state index contributed by atoms with van der Waals surface area (Å²) < 4.78 is 38.4. The van der Waals surface area contributed by atoms with E-state index in [0.29, 0.717) is 44.1 Å². The van der Waals surface area contributed by atoms with Crippen molar-refractivity contribution < 1.29 is 17.3 Å². The first kappa shape index (κ1) is 21.0. The van der Waals surface area contributed by atoms with Crippen molar-refractivity contribution in [1.82, 2.24) is 9.97 Å². The molecule has 2 aromatic carbocycles. The third-order valence-electron chi connectivity index (χ3n) is 8.13. The molecule has 0 amide bonds. The van der Waals surface area contributed by atoms with Gasteiger partial charge < -0.3 is 8.83 Å². The van der Waals surface area contributed by atoms with Crippen molar-refractivity contribution in [1.29, 1.82) is 0 Å². The fourth-order valence-electron chi connectivity index (χ4n) is 6.66. The summed E-state index contributed by atoms with van der Waals surface area (Å²) in [4.78, 5) is 12.4. The average molecular weight is 528 g/mol. The SMILES string of the molecule is O=S1(=O)c2ccccc2-c2cc(N3c4ncccc4C4(c5cccnc53)c3ccoc3-c3occc34)ccc21. The molecule has 1 spiro atoms. The zero-order chi connectivity index (χ0) is 25.9. The second-order valence-electron chi connectivity index (χ2n) is 9.84. The first-order valence-electron chi connectivity index (χ1n) is 12.5. The van der Waals surface area contributed by atoms with Crippen molar-refractivity contribution in [2.24, 2.45) is 0 Å². The molecule has 2 aliphatic heterocycles. The molecule has 8 heteroatoms. The zero-order valence-electron chi connectivity index (χ0n) is 20.2. The Morgan fingerprint density at radius 3 is 1.92 bits per heavy atom. The summed E-state index contributed by atoms with van der Waals surface area (Å²) in [7, 11) is -3.58. The molecular weight excluding hydrogens is 510 g/mol. The molecule has 3 aliphatic rings. The second kappa shape index (κ2) is 6.92. The van der Waals surface area contributed by atoms with E-state index < -0.39 is 15.3 Å². The summed E-state index contributed by atoms with van der Waals surface area (Å²) >= 11 is 0. The highest BCUT2D eigenvalue weighted by Gasteiger charge is 2.55. The summed E-state index contributed by atoms with van der Waals surface area (Å²) in [5, 5.41) is 0. The van der Waals surface area contributed by atoms with Crippen LogP contribution < -0.4 is 4.90 Å². The molecule has 0 N–H and O–H groups in total. The average Bonchev–Trinajstić information content (AvgIpc) is 3.73. The quantitative estimate of drug-likeness (QED) is 0.237. The van der Waals surface area contributed by atoms with Crippen LogP contribution in [0.4, 0.5) is 17.3 Å². The number of furan rings is 2. The van der Waals surface area contributed by atoms with Crippen molar-refractivity contribution in [3.63, 3.8) is 0 Å². The van der Waals surface area contributed by atoms with Gasteiger partial charge in [0.2, 0.25) is 9.84 Å². The number of pyridine rings is 2. The van der Waals surface area contributed by atoms with Gasteiger partial charge in [-0.05, 0) is 48.5 Å². The van der Waals surface area contributed by atoms with E-state index in [2.05, 4.69) is 12.1 Å². The van der Waals surface area contributed by atoms with E-state index in [1.807, 2.05) is 53.4 Å². The predicted octanol–water partition coefficient (Wildman–Crippen LogP) is 6.62. The van der Waals surface area contributed by atoms with Crippen LogP contribution in [0.2, 0.25) is 0 Å². The molecule has 1 aliphatic carbocycles. The maximum Gasteiger partial charge on any atom is 0.207 e. The molecule has 4 aromatic heterocycles. The Balaban J connectivity index is 1.36. The molecule has 6 heterocycles. The smallest absolute Gasteiger partial charge is 0.207 e. The van der Waals surface area contributed by atoms with Gasteiger partial charge in [-0.2, -0.15) is 0 Å². The molecule has 0 saturated heterocycles. The summed E-state index contributed by atoms with van der Waals surface area (Å²) in [6, 6.07) is 24.6. The van der Waals surface area contributed by atoms with Crippen LogP contribution in [0.15, 0.2) is 122 Å². The van der Waals surface area contributed by atoms with E-state index in [9.17, 15) is 8.42 Å². The number of fused-ring (bicyclic) bond motifs is 12. The molecule has 7 nitrogen and oxygen atoms in total. The standard InChI is InChI=1S/C31H17N3O4S/c35-39(36)25-8-2-1-5-19(25)20-17-18(9-10-26(20)39)34-29-23(6-3-13-32-29)31(24-7-4-14-33-30(24)34)21-11-15-37-27(21)28-22(31)12-16-38-28/h1-17H. The Labute approximate surface area is 222 Å². The predicted molar refractivity (Wildman–Crippen MR) is 143 cm³/mol. The van der Waals surface area contributed by atoms with Gasteiger partial charge in [0.25, 0.3) is 0 Å². The van der Waals surface area contributed by atoms with E-state index in [0.717, 1.165) is 27.9 Å². The number of aromatic nitrogens is 2. The van der Waals surface area contributed by atoms with E-state index >= 15 is 0 Å². The largest absolute Gasteiger partial charge is 0.461 e. The Bertz CT molecular complexity index is 2040. The summed E-state index contributed by atoms with van der Waals surface area (Å²) in [5.41, 5.74) is 5.31. The van der Waals surface area contributed by atoms with E-state index in [-0.39, 0.29) is 0 Å². The second-order valence-corrected chi connectivity index (χ2v) is 11.7. The number of sulfone groups is 1. The van der Waals surface area contributed by atoms with Crippen LogP contribution in [0.25, 0.3) is 22.6 Å². The van der Waals surface area contributed by atoms with Crippen LogP contribution in [0.1, 0.15) is 22.3 Å². The molecule has 39 heavy (non-hydrogen) atoms. The van der Waals surface area contributed by atoms with Crippen LogP contribution in [0.5, 0.6) is 0 Å². The third kappa shape index (κ3) is 2.33. The Kier molecular flexibility index (Phi) is 3.73. The van der Waals surface area contributed by atoms with Gasteiger partial charge >= 0.3 is 0 Å². The number of anilines is 3. The Morgan fingerprint density at radius 1 is 0.641 bits per heavy atom. The topological polar surface area (TPSA) is 89.4 Å². The first-order chi connectivity index (χ1) is 19.1. The van der Waals surface area contributed by atoms with Crippen molar-refractivity contribution in [3.8, 4) is 22.6 Å². The lowest BCUT2D eigenvalue weighted by molar-refractivity contribution is 0.525. The zero-order valence-corrected chi connectivity index (χ0v) is 21.0. The molecule has 0 unspecified atom stereocenters. The Hall–Kier alpha value is -4.95. The lowest BCUT2D eigenvalue weighted by Gasteiger charge is -2.42. The van der Waals surface area contributed by atoms with Crippen molar-refractivity contribution in [2.75, 3.05) is 4.90 Å². The van der Waals surface area contributed by atoms with Crippen LogP contribution in [0.3, 0.4) is 0 Å². The minimum Gasteiger partial charge on any atom is -0.461 e. The van der Waals surface area contributed by atoms with Gasteiger partial charge in [0.1, 0.15) is 11.6 Å². The van der Waals surface area contributed by atoms with Crippen LogP contribution >= 0.6 is 0 Å². The lowest BCUT2D eigenvalue weighted by Crippen LogP contribution is -2.36. The molecule has 9 rings (SSSR count). The van der Waals surface area contributed by atoms with Gasteiger partial charge in [0, 0.05) is 51.5 Å². The lowest BCUT2D eigenvalue weighted by atomic mass is 9.67. The van der Waals surface area contributed by atoms with Crippen molar-refractivity contribution in [3.05, 3.63) is 126 Å². The summed E-state index contributed by atoms with van der Waals surface area (Å²) in [6.07, 6.45) is 6.91. The van der Waals surface area contributed by atoms with Gasteiger partial charge in [0.05, 0.1) is 27.7 Å². The van der Waals surface area contributed by atoms with E-state index in [1.54, 1.807) is 43.1 Å². The Morgan fingerprint density at radius 2 is 1.26 bits per heavy atom. The maximum absolute atomic E-state index is 13.3. The number of benzene rings is 2. The van der Waals surface area contributed by atoms with Gasteiger partial charge in [-0.1, -0.05) is 30.3 Å². The van der Waals surface area contributed by atoms with Gasteiger partial charge in [-0.3, -0.25) is 4.90 Å². The molecule has 0 saturated carbocycles. The number of rotatable bonds is 1. The number of hydrogen-bond acceptors (Lipinski definition) is 7. The molecule has 186 valence electrons. The van der Waals surface area contributed by atoms with Crippen molar-refractivity contribution >= 4 is 27.2 Å². The maximum atomic E-state index is 13.3. The summed E-state index contributed by atoms with van der Waals surface area (Å²) in [6.45, 7) is 0. The normalized spacial score (nSPS) is 16.3. The monoisotopic (exact) mass is 527 g/mol. The number of nitrogens with zero attached hydrogens (tertiary/aromatic N) is 3. The first-order valence-corrected chi connectivity index (χ1v) is 14.0.